The number of nitrogens with zero attached hydrogens (tertiary/aromatic N) is 2. The maximum Gasteiger partial charge on any atom is 0.0222 e. The molecule has 1 aliphatic carbocycles. The summed E-state index contributed by atoms with van der Waals surface area (Å²) >= 11 is 0. The monoisotopic (exact) mass is 281 g/mol. The zero-order valence-electron chi connectivity index (χ0n) is 13.7. The average molecular weight is 281 g/mol. The molecule has 118 valence electrons. The van der Waals surface area contributed by atoms with E-state index >= 15 is 0 Å². The standard InChI is InChI=1S/C17H35N3/c1-15(2)14-19-8-10-20(11-9-19)17(13-18)12-16-6-4-3-5-7-16/h15-17H,3-14,18H2,1-2H3. The lowest BCUT2D eigenvalue weighted by atomic mass is 9.84. The molecule has 1 unspecified atom stereocenters. The van der Waals surface area contributed by atoms with E-state index in [0.717, 1.165) is 18.4 Å². The molecule has 1 aliphatic heterocycles. The maximum atomic E-state index is 6.08. The second-order valence-electron chi connectivity index (χ2n) is 7.36. The molecule has 2 N–H and O–H groups in total. The third-order valence-corrected chi connectivity index (χ3v) is 5.15. The first-order valence-corrected chi connectivity index (χ1v) is 8.85. The molecule has 0 aromatic carbocycles. The molecule has 0 spiro atoms. The minimum absolute atomic E-state index is 0.638. The van der Waals surface area contributed by atoms with Crippen molar-refractivity contribution < 1.29 is 0 Å². The van der Waals surface area contributed by atoms with Crippen molar-refractivity contribution in [3.05, 3.63) is 0 Å². The molecule has 2 aliphatic rings. The summed E-state index contributed by atoms with van der Waals surface area (Å²) in [4.78, 5) is 5.29. The lowest BCUT2D eigenvalue weighted by Gasteiger charge is -2.41. The maximum absolute atomic E-state index is 6.08. The van der Waals surface area contributed by atoms with Crippen LogP contribution in [-0.4, -0.2) is 55.1 Å². The molecule has 0 bridgehead atoms. The van der Waals surface area contributed by atoms with E-state index < -0.39 is 0 Å². The van der Waals surface area contributed by atoms with E-state index in [1.165, 1.54) is 71.2 Å². The quantitative estimate of drug-likeness (QED) is 0.812. The lowest BCUT2D eigenvalue weighted by Crippen LogP contribution is -2.53. The SMILES string of the molecule is CC(C)CN1CCN(C(CN)CC2CCCCC2)CC1. The van der Waals surface area contributed by atoms with Crippen LogP contribution in [0.3, 0.4) is 0 Å². The summed E-state index contributed by atoms with van der Waals surface area (Å²) in [5, 5.41) is 0. The van der Waals surface area contributed by atoms with Crippen LogP contribution in [0.4, 0.5) is 0 Å². The highest BCUT2D eigenvalue weighted by Gasteiger charge is 2.26. The summed E-state index contributed by atoms with van der Waals surface area (Å²) in [5.41, 5.74) is 6.08. The molecule has 1 saturated carbocycles. The van der Waals surface area contributed by atoms with E-state index in [9.17, 15) is 0 Å². The molecule has 3 nitrogen and oxygen atoms in total. The van der Waals surface area contributed by atoms with Crippen LogP contribution in [0.5, 0.6) is 0 Å². The van der Waals surface area contributed by atoms with Crippen molar-refractivity contribution in [3.63, 3.8) is 0 Å². The Bertz CT molecular complexity index is 253. The van der Waals surface area contributed by atoms with Crippen molar-refractivity contribution >= 4 is 0 Å². The van der Waals surface area contributed by atoms with Crippen LogP contribution >= 0.6 is 0 Å². The second-order valence-corrected chi connectivity index (χ2v) is 7.36. The Morgan fingerprint density at radius 3 is 2.20 bits per heavy atom. The lowest BCUT2D eigenvalue weighted by molar-refractivity contribution is 0.0781. The van der Waals surface area contributed by atoms with Crippen LogP contribution in [0.15, 0.2) is 0 Å². The number of nitrogens with two attached hydrogens (primary N) is 1. The molecule has 1 atom stereocenters. The minimum Gasteiger partial charge on any atom is -0.329 e. The van der Waals surface area contributed by atoms with Crippen LogP contribution in [0.25, 0.3) is 0 Å². The van der Waals surface area contributed by atoms with E-state index in [-0.39, 0.29) is 0 Å². The van der Waals surface area contributed by atoms with Gasteiger partial charge in [-0.3, -0.25) is 4.90 Å². The van der Waals surface area contributed by atoms with Gasteiger partial charge in [-0.2, -0.15) is 0 Å². The molecule has 3 heteroatoms. The Morgan fingerprint density at radius 1 is 1.00 bits per heavy atom. The molecule has 20 heavy (non-hydrogen) atoms. The zero-order valence-corrected chi connectivity index (χ0v) is 13.7. The van der Waals surface area contributed by atoms with Gasteiger partial charge in [0.25, 0.3) is 0 Å². The predicted molar refractivity (Wildman–Crippen MR) is 86.9 cm³/mol. The largest absolute Gasteiger partial charge is 0.329 e. The van der Waals surface area contributed by atoms with Crippen LogP contribution in [0.1, 0.15) is 52.4 Å². The van der Waals surface area contributed by atoms with Crippen LogP contribution < -0.4 is 5.73 Å². The smallest absolute Gasteiger partial charge is 0.0222 e. The summed E-state index contributed by atoms with van der Waals surface area (Å²) in [6.07, 6.45) is 8.60. The third-order valence-electron chi connectivity index (χ3n) is 5.15. The Kier molecular flexibility index (Phi) is 6.79. The second kappa shape index (κ2) is 8.35. The van der Waals surface area contributed by atoms with Gasteiger partial charge >= 0.3 is 0 Å². The molecule has 2 rings (SSSR count). The molecule has 1 heterocycles. The van der Waals surface area contributed by atoms with Gasteiger partial charge < -0.3 is 10.6 Å². The van der Waals surface area contributed by atoms with Gasteiger partial charge in [0.05, 0.1) is 0 Å². The fourth-order valence-electron chi connectivity index (χ4n) is 4.03. The molecule has 2 fully saturated rings. The van der Waals surface area contributed by atoms with Crippen molar-refractivity contribution in [3.8, 4) is 0 Å². The van der Waals surface area contributed by atoms with Crippen LogP contribution in [0, 0.1) is 11.8 Å². The Hall–Kier alpha value is -0.120. The van der Waals surface area contributed by atoms with Crippen LogP contribution in [0.2, 0.25) is 0 Å². The average Bonchev–Trinajstić information content (AvgIpc) is 2.46. The Labute approximate surface area is 125 Å². The van der Waals surface area contributed by atoms with Gasteiger partial charge in [-0.05, 0) is 18.3 Å². The number of hydrogen-bond donors (Lipinski definition) is 1. The van der Waals surface area contributed by atoms with Gasteiger partial charge in [-0.1, -0.05) is 46.0 Å². The summed E-state index contributed by atoms with van der Waals surface area (Å²) in [6.45, 7) is 11.7. The highest BCUT2D eigenvalue weighted by molar-refractivity contribution is 4.82. The van der Waals surface area contributed by atoms with Gasteiger partial charge in [0, 0.05) is 45.3 Å². The molecule has 1 saturated heterocycles. The number of hydrogen-bond acceptors (Lipinski definition) is 3. The fourth-order valence-corrected chi connectivity index (χ4v) is 4.03. The van der Waals surface area contributed by atoms with Gasteiger partial charge in [-0.15, -0.1) is 0 Å². The van der Waals surface area contributed by atoms with Crippen molar-refractivity contribution in [2.24, 2.45) is 17.6 Å². The minimum atomic E-state index is 0.638. The normalized spacial score (nSPS) is 25.2. The van der Waals surface area contributed by atoms with Gasteiger partial charge in [0.1, 0.15) is 0 Å². The van der Waals surface area contributed by atoms with Gasteiger partial charge in [-0.25, -0.2) is 0 Å². The van der Waals surface area contributed by atoms with Gasteiger partial charge in [0.2, 0.25) is 0 Å². The van der Waals surface area contributed by atoms with E-state index in [4.69, 9.17) is 5.73 Å². The topological polar surface area (TPSA) is 32.5 Å². The molecular weight excluding hydrogens is 246 g/mol. The zero-order chi connectivity index (χ0) is 14.4. The predicted octanol–water partition coefficient (Wildman–Crippen LogP) is 2.56. The van der Waals surface area contributed by atoms with Gasteiger partial charge in [0.15, 0.2) is 0 Å². The molecule has 0 aromatic rings. The molecule has 0 aromatic heterocycles. The Morgan fingerprint density at radius 2 is 1.65 bits per heavy atom. The van der Waals surface area contributed by atoms with Crippen molar-refractivity contribution in [1.82, 2.24) is 9.80 Å². The molecule has 0 amide bonds. The molecule has 0 radical (unpaired) electrons. The summed E-state index contributed by atoms with van der Waals surface area (Å²) < 4.78 is 0. The first-order chi connectivity index (χ1) is 9.69. The summed E-state index contributed by atoms with van der Waals surface area (Å²) in [5.74, 6) is 1.74. The highest BCUT2D eigenvalue weighted by atomic mass is 15.3. The van der Waals surface area contributed by atoms with Crippen molar-refractivity contribution in [1.29, 1.82) is 0 Å². The van der Waals surface area contributed by atoms with Crippen LogP contribution in [-0.2, 0) is 0 Å². The first kappa shape index (κ1) is 16.3. The first-order valence-electron chi connectivity index (χ1n) is 8.85. The van der Waals surface area contributed by atoms with E-state index in [2.05, 4.69) is 23.6 Å². The highest BCUT2D eigenvalue weighted by Crippen LogP contribution is 2.28. The summed E-state index contributed by atoms with van der Waals surface area (Å²) in [7, 11) is 0. The van der Waals surface area contributed by atoms with Crippen molar-refractivity contribution in [2.75, 3.05) is 39.3 Å². The molecular formula is C17H35N3. The number of piperazine rings is 1. The Balaban J connectivity index is 1.74. The third kappa shape index (κ3) is 5.01. The van der Waals surface area contributed by atoms with E-state index in [1.807, 2.05) is 0 Å². The summed E-state index contributed by atoms with van der Waals surface area (Å²) in [6, 6.07) is 0.638. The number of rotatable bonds is 6. The fraction of sp³-hybridized carbons (Fsp3) is 1.00. The van der Waals surface area contributed by atoms with E-state index in [1.54, 1.807) is 0 Å². The van der Waals surface area contributed by atoms with Crippen molar-refractivity contribution in [2.45, 2.75) is 58.4 Å². The van der Waals surface area contributed by atoms with E-state index in [0.29, 0.717) is 6.04 Å².